The number of nitro groups is 1. The monoisotopic (exact) mass is 198 g/mol. The summed E-state index contributed by atoms with van der Waals surface area (Å²) >= 11 is 4.63. The van der Waals surface area contributed by atoms with Crippen LogP contribution in [0.2, 0.25) is 0 Å². The number of nitrogens with two attached hydrogens (primary N) is 1. The van der Waals surface area contributed by atoms with Gasteiger partial charge in [0.1, 0.15) is 4.99 Å². The van der Waals surface area contributed by atoms with Crippen molar-refractivity contribution in [3.05, 3.63) is 33.9 Å². The maximum absolute atomic E-state index is 10.3. The molecule has 3 N–H and O–H groups in total. The fourth-order valence-corrected chi connectivity index (χ4v) is 0.958. The molecule has 0 aliphatic rings. The van der Waals surface area contributed by atoms with Crippen LogP contribution in [0.3, 0.4) is 0 Å². The summed E-state index contributed by atoms with van der Waals surface area (Å²) in [6.07, 6.45) is 0. The van der Waals surface area contributed by atoms with Crippen LogP contribution in [0, 0.1) is 10.1 Å². The third kappa shape index (κ3) is 1.91. The first-order valence-electron chi connectivity index (χ1n) is 3.29. The third-order valence-electron chi connectivity index (χ3n) is 1.46. The molecule has 0 spiro atoms. The van der Waals surface area contributed by atoms with Gasteiger partial charge in [0.25, 0.3) is 0 Å². The van der Waals surface area contributed by atoms with Crippen molar-refractivity contribution >= 4 is 22.9 Å². The molecule has 0 heterocycles. The van der Waals surface area contributed by atoms with Gasteiger partial charge in [-0.15, -0.1) is 0 Å². The molecule has 5 nitrogen and oxygen atoms in total. The third-order valence-corrected chi connectivity index (χ3v) is 1.69. The molecular weight excluding hydrogens is 192 g/mol. The zero-order valence-corrected chi connectivity index (χ0v) is 7.25. The largest absolute Gasteiger partial charge is 0.502 e. The van der Waals surface area contributed by atoms with E-state index in [2.05, 4.69) is 12.2 Å². The fraction of sp³-hybridized carbons (Fsp3) is 0. The summed E-state index contributed by atoms with van der Waals surface area (Å²) in [4.78, 5) is 9.69. The minimum Gasteiger partial charge on any atom is -0.502 e. The molecule has 0 aliphatic carbocycles. The Bertz CT molecular complexity index is 378. The highest BCUT2D eigenvalue weighted by atomic mass is 32.1. The second-order valence-electron chi connectivity index (χ2n) is 2.32. The molecule has 0 atom stereocenters. The fourth-order valence-electron chi connectivity index (χ4n) is 0.831. The lowest BCUT2D eigenvalue weighted by molar-refractivity contribution is -0.385. The van der Waals surface area contributed by atoms with Crippen molar-refractivity contribution in [2.75, 3.05) is 0 Å². The van der Waals surface area contributed by atoms with Gasteiger partial charge in [-0.3, -0.25) is 10.1 Å². The number of rotatable bonds is 2. The van der Waals surface area contributed by atoms with Crippen LogP contribution < -0.4 is 5.73 Å². The van der Waals surface area contributed by atoms with Gasteiger partial charge in [-0.25, -0.2) is 0 Å². The average Bonchev–Trinajstić information content (AvgIpc) is 2.03. The Morgan fingerprint density at radius 3 is 2.62 bits per heavy atom. The Balaban J connectivity index is 3.20. The van der Waals surface area contributed by atoms with Crippen LogP contribution in [0.15, 0.2) is 18.2 Å². The van der Waals surface area contributed by atoms with Crippen LogP contribution in [0.4, 0.5) is 5.69 Å². The minimum atomic E-state index is -0.682. The number of hydrogen-bond acceptors (Lipinski definition) is 4. The van der Waals surface area contributed by atoms with Crippen LogP contribution >= 0.6 is 12.2 Å². The van der Waals surface area contributed by atoms with E-state index in [4.69, 9.17) is 10.8 Å². The van der Waals surface area contributed by atoms with Gasteiger partial charge in [-0.2, -0.15) is 0 Å². The van der Waals surface area contributed by atoms with Crippen molar-refractivity contribution < 1.29 is 10.0 Å². The molecule has 0 unspecified atom stereocenters. The number of phenols is 1. The number of phenolic OH excluding ortho intramolecular Hbond substituents is 1. The van der Waals surface area contributed by atoms with Crippen molar-refractivity contribution in [3.63, 3.8) is 0 Å². The Morgan fingerprint density at radius 1 is 1.62 bits per heavy atom. The highest BCUT2D eigenvalue weighted by molar-refractivity contribution is 7.80. The lowest BCUT2D eigenvalue weighted by Gasteiger charge is -1.99. The van der Waals surface area contributed by atoms with Crippen LogP contribution in [-0.4, -0.2) is 15.0 Å². The first-order valence-corrected chi connectivity index (χ1v) is 3.70. The topological polar surface area (TPSA) is 89.4 Å². The van der Waals surface area contributed by atoms with Gasteiger partial charge in [0.15, 0.2) is 5.75 Å². The molecular formula is C7H6N2O3S. The van der Waals surface area contributed by atoms with Crippen LogP contribution in [-0.2, 0) is 0 Å². The summed E-state index contributed by atoms with van der Waals surface area (Å²) in [5.41, 5.74) is 5.30. The van der Waals surface area contributed by atoms with Gasteiger partial charge < -0.3 is 10.8 Å². The van der Waals surface area contributed by atoms with Gasteiger partial charge >= 0.3 is 5.69 Å². The molecule has 0 radical (unpaired) electrons. The summed E-state index contributed by atoms with van der Waals surface area (Å²) < 4.78 is 0. The maximum Gasteiger partial charge on any atom is 0.310 e. The number of hydrogen-bond donors (Lipinski definition) is 2. The number of nitrogens with zero attached hydrogens (tertiary/aromatic N) is 1. The molecule has 6 heteroatoms. The highest BCUT2D eigenvalue weighted by Crippen LogP contribution is 2.25. The SMILES string of the molecule is NC(=S)c1ccc([N+](=O)[O-])c(O)c1. The molecule has 0 bridgehead atoms. The van der Waals surface area contributed by atoms with Gasteiger partial charge in [-0.1, -0.05) is 12.2 Å². The summed E-state index contributed by atoms with van der Waals surface area (Å²) in [5.74, 6) is -0.435. The second-order valence-corrected chi connectivity index (χ2v) is 2.76. The number of thiocarbonyl (C=S) groups is 1. The molecule has 0 amide bonds. The van der Waals surface area contributed by atoms with Crippen LogP contribution in [0.5, 0.6) is 5.75 Å². The van der Waals surface area contributed by atoms with E-state index in [1.165, 1.54) is 12.1 Å². The Morgan fingerprint density at radius 2 is 2.23 bits per heavy atom. The predicted molar refractivity (Wildman–Crippen MR) is 50.6 cm³/mol. The molecule has 1 rings (SSSR count). The van der Waals surface area contributed by atoms with Gasteiger partial charge in [0.2, 0.25) is 0 Å². The van der Waals surface area contributed by atoms with E-state index in [1.807, 2.05) is 0 Å². The van der Waals surface area contributed by atoms with E-state index in [1.54, 1.807) is 0 Å². The van der Waals surface area contributed by atoms with E-state index in [9.17, 15) is 10.1 Å². The first-order chi connectivity index (χ1) is 6.02. The molecule has 0 saturated carbocycles. The smallest absolute Gasteiger partial charge is 0.310 e. The van der Waals surface area contributed by atoms with E-state index >= 15 is 0 Å². The summed E-state index contributed by atoms with van der Waals surface area (Å²) in [7, 11) is 0. The van der Waals surface area contributed by atoms with Crippen molar-refractivity contribution in [1.29, 1.82) is 0 Å². The van der Waals surface area contributed by atoms with Crippen molar-refractivity contribution in [1.82, 2.24) is 0 Å². The van der Waals surface area contributed by atoms with E-state index in [0.29, 0.717) is 5.56 Å². The lowest BCUT2D eigenvalue weighted by atomic mass is 10.2. The highest BCUT2D eigenvalue weighted by Gasteiger charge is 2.13. The number of aromatic hydroxyl groups is 1. The molecule has 68 valence electrons. The molecule has 0 saturated heterocycles. The molecule has 0 aliphatic heterocycles. The van der Waals surface area contributed by atoms with E-state index in [-0.39, 0.29) is 10.7 Å². The maximum atomic E-state index is 10.3. The summed E-state index contributed by atoms with van der Waals surface area (Å²) in [6, 6.07) is 3.71. The summed E-state index contributed by atoms with van der Waals surface area (Å²) in [5, 5.41) is 19.4. The van der Waals surface area contributed by atoms with Crippen molar-refractivity contribution in [3.8, 4) is 5.75 Å². The van der Waals surface area contributed by atoms with Gasteiger partial charge in [-0.05, 0) is 12.1 Å². The summed E-state index contributed by atoms with van der Waals surface area (Å²) in [6.45, 7) is 0. The van der Waals surface area contributed by atoms with Crippen LogP contribution in [0.25, 0.3) is 0 Å². The lowest BCUT2D eigenvalue weighted by Crippen LogP contribution is -2.09. The Kier molecular flexibility index (Phi) is 2.43. The zero-order chi connectivity index (χ0) is 10.0. The second kappa shape index (κ2) is 3.36. The Labute approximate surface area is 78.9 Å². The number of benzene rings is 1. The standard InChI is InChI=1S/C7H6N2O3S/c8-7(13)4-1-2-5(9(11)12)6(10)3-4/h1-3,10H,(H2,8,13). The Hall–Kier alpha value is -1.69. The molecule has 0 fully saturated rings. The predicted octanol–water partition coefficient (Wildman–Crippen LogP) is 0.935. The molecule has 1 aromatic carbocycles. The van der Waals surface area contributed by atoms with Crippen LogP contribution in [0.1, 0.15) is 5.56 Å². The van der Waals surface area contributed by atoms with Gasteiger partial charge in [0.05, 0.1) is 4.92 Å². The van der Waals surface area contributed by atoms with E-state index < -0.39 is 10.7 Å². The first kappa shape index (κ1) is 9.40. The van der Waals surface area contributed by atoms with Crippen molar-refractivity contribution in [2.45, 2.75) is 0 Å². The zero-order valence-electron chi connectivity index (χ0n) is 6.43. The molecule has 1 aromatic rings. The molecule has 13 heavy (non-hydrogen) atoms. The quantitative estimate of drug-likeness (QED) is 0.419. The van der Waals surface area contributed by atoms with Crippen molar-refractivity contribution in [2.24, 2.45) is 5.73 Å². The average molecular weight is 198 g/mol. The normalized spacial score (nSPS) is 9.54. The molecule has 0 aromatic heterocycles. The number of nitro benzene ring substituents is 1. The minimum absolute atomic E-state index is 0.0881. The van der Waals surface area contributed by atoms with Gasteiger partial charge in [0, 0.05) is 11.6 Å². The van der Waals surface area contributed by atoms with E-state index in [0.717, 1.165) is 6.07 Å².